The topological polar surface area (TPSA) is 61.8 Å². The third kappa shape index (κ3) is 4.29. The second kappa shape index (κ2) is 7.13. The van der Waals surface area contributed by atoms with Crippen molar-refractivity contribution in [3.05, 3.63) is 34.9 Å². The van der Waals surface area contributed by atoms with E-state index in [4.69, 9.17) is 0 Å². The molecule has 1 heterocycles. The summed E-state index contributed by atoms with van der Waals surface area (Å²) in [6.45, 7) is 9.54. The highest BCUT2D eigenvalue weighted by molar-refractivity contribution is 7.92. The Bertz CT molecular complexity index is 704. The van der Waals surface area contributed by atoms with Crippen molar-refractivity contribution in [2.45, 2.75) is 38.9 Å². The van der Waals surface area contributed by atoms with Crippen molar-refractivity contribution in [1.29, 1.82) is 0 Å². The van der Waals surface area contributed by atoms with Gasteiger partial charge in [0.15, 0.2) is 15.8 Å². The van der Waals surface area contributed by atoms with Gasteiger partial charge in [-0.05, 0) is 39.7 Å². The summed E-state index contributed by atoms with van der Waals surface area (Å²) in [5.74, 6) is 0.958. The summed E-state index contributed by atoms with van der Waals surface area (Å²) in [6.07, 6.45) is 0.914. The SMILES string of the molecule is CN=C(NCCc1cc(C)cc(C)c1)N1CCS(=O)(=O)C(C)(C)C1. The minimum absolute atomic E-state index is 0.178. The van der Waals surface area contributed by atoms with Gasteiger partial charge in [-0.1, -0.05) is 29.3 Å². The molecular formula is C18H29N3O2S. The van der Waals surface area contributed by atoms with Gasteiger partial charge in [0.25, 0.3) is 0 Å². The van der Waals surface area contributed by atoms with E-state index in [0.717, 1.165) is 18.9 Å². The molecule has 0 atom stereocenters. The average Bonchev–Trinajstić information content (AvgIpc) is 2.46. The van der Waals surface area contributed by atoms with Gasteiger partial charge in [-0.3, -0.25) is 4.99 Å². The fourth-order valence-electron chi connectivity index (χ4n) is 3.19. The Morgan fingerprint density at radius 1 is 1.25 bits per heavy atom. The summed E-state index contributed by atoms with van der Waals surface area (Å²) in [7, 11) is -1.29. The average molecular weight is 352 g/mol. The lowest BCUT2D eigenvalue weighted by Crippen LogP contribution is -2.57. The van der Waals surface area contributed by atoms with Crippen LogP contribution in [0.25, 0.3) is 0 Å². The number of hydrogen-bond acceptors (Lipinski definition) is 3. The molecule has 1 N–H and O–H groups in total. The fourth-order valence-corrected chi connectivity index (χ4v) is 4.55. The van der Waals surface area contributed by atoms with Crippen molar-refractivity contribution < 1.29 is 8.42 Å². The van der Waals surface area contributed by atoms with E-state index in [1.54, 1.807) is 20.9 Å². The maximum atomic E-state index is 12.1. The lowest BCUT2D eigenvalue weighted by atomic mass is 10.1. The maximum absolute atomic E-state index is 12.1. The van der Waals surface area contributed by atoms with Gasteiger partial charge < -0.3 is 10.2 Å². The number of nitrogens with zero attached hydrogens (tertiary/aromatic N) is 2. The van der Waals surface area contributed by atoms with Crippen molar-refractivity contribution in [1.82, 2.24) is 10.2 Å². The molecule has 0 aromatic heterocycles. The van der Waals surface area contributed by atoms with Gasteiger partial charge in [0.1, 0.15) is 0 Å². The number of aliphatic imine (C=N–C) groups is 1. The Balaban J connectivity index is 1.96. The molecule has 0 unspecified atom stereocenters. The van der Waals surface area contributed by atoms with Gasteiger partial charge in [-0.2, -0.15) is 0 Å². The first-order valence-electron chi connectivity index (χ1n) is 8.40. The molecule has 0 bridgehead atoms. The van der Waals surface area contributed by atoms with Crippen LogP contribution in [-0.2, 0) is 16.3 Å². The van der Waals surface area contributed by atoms with Crippen molar-refractivity contribution in [3.8, 4) is 0 Å². The second-order valence-corrected chi connectivity index (χ2v) is 9.96. The Kier molecular flexibility index (Phi) is 5.58. The molecule has 1 aliphatic rings. The van der Waals surface area contributed by atoms with E-state index in [-0.39, 0.29) is 5.75 Å². The summed E-state index contributed by atoms with van der Waals surface area (Å²) in [5, 5.41) is 3.37. The standard InChI is InChI=1S/C18H29N3O2S/c1-14-10-15(2)12-16(11-14)6-7-20-17(19-5)21-8-9-24(22,23)18(3,4)13-21/h10-12H,6-9,13H2,1-5H3,(H,19,20). The van der Waals surface area contributed by atoms with Gasteiger partial charge in [0.05, 0.1) is 10.5 Å². The zero-order valence-corrected chi connectivity index (χ0v) is 16.2. The van der Waals surface area contributed by atoms with E-state index in [0.29, 0.717) is 13.1 Å². The van der Waals surface area contributed by atoms with E-state index >= 15 is 0 Å². The van der Waals surface area contributed by atoms with Crippen molar-refractivity contribution in [2.24, 2.45) is 4.99 Å². The van der Waals surface area contributed by atoms with E-state index in [2.05, 4.69) is 42.4 Å². The number of rotatable bonds is 3. The minimum Gasteiger partial charge on any atom is -0.356 e. The van der Waals surface area contributed by atoms with Gasteiger partial charge in [-0.15, -0.1) is 0 Å². The molecule has 5 nitrogen and oxygen atoms in total. The minimum atomic E-state index is -3.03. The predicted molar refractivity (Wildman–Crippen MR) is 100 cm³/mol. The van der Waals surface area contributed by atoms with Crippen LogP contribution in [0.1, 0.15) is 30.5 Å². The fraction of sp³-hybridized carbons (Fsp3) is 0.611. The van der Waals surface area contributed by atoms with Crippen LogP contribution in [-0.4, -0.2) is 56.5 Å². The van der Waals surface area contributed by atoms with Crippen LogP contribution in [0.3, 0.4) is 0 Å². The zero-order valence-electron chi connectivity index (χ0n) is 15.4. The number of guanidine groups is 1. The summed E-state index contributed by atoms with van der Waals surface area (Å²) >= 11 is 0. The van der Waals surface area contributed by atoms with Crippen LogP contribution in [0.15, 0.2) is 23.2 Å². The molecular weight excluding hydrogens is 322 g/mol. The Morgan fingerprint density at radius 2 is 1.88 bits per heavy atom. The summed E-state index contributed by atoms with van der Waals surface area (Å²) < 4.78 is 23.5. The monoisotopic (exact) mass is 351 g/mol. The molecule has 1 aromatic carbocycles. The zero-order chi connectivity index (χ0) is 18.0. The quantitative estimate of drug-likeness (QED) is 0.668. The lowest BCUT2D eigenvalue weighted by molar-refractivity contribution is 0.353. The molecule has 0 amide bonds. The first-order valence-corrected chi connectivity index (χ1v) is 10.0. The van der Waals surface area contributed by atoms with Crippen molar-refractivity contribution >= 4 is 15.8 Å². The van der Waals surface area contributed by atoms with Gasteiger partial charge in [0.2, 0.25) is 0 Å². The first-order chi connectivity index (χ1) is 11.1. The molecule has 0 radical (unpaired) electrons. The molecule has 24 heavy (non-hydrogen) atoms. The lowest BCUT2D eigenvalue weighted by Gasteiger charge is -2.39. The molecule has 0 saturated carbocycles. The van der Waals surface area contributed by atoms with E-state index in [9.17, 15) is 8.42 Å². The van der Waals surface area contributed by atoms with Crippen molar-refractivity contribution in [2.75, 3.05) is 32.4 Å². The third-order valence-electron chi connectivity index (χ3n) is 4.53. The number of aryl methyl sites for hydroxylation is 2. The Morgan fingerprint density at radius 3 is 2.42 bits per heavy atom. The van der Waals surface area contributed by atoms with Gasteiger partial charge in [0, 0.05) is 26.7 Å². The number of nitrogens with one attached hydrogen (secondary N) is 1. The molecule has 1 aromatic rings. The van der Waals surface area contributed by atoms with E-state index in [1.165, 1.54) is 16.7 Å². The first kappa shape index (κ1) is 18.8. The van der Waals surface area contributed by atoms with Crippen LogP contribution >= 0.6 is 0 Å². The Labute approximate surface area is 146 Å². The van der Waals surface area contributed by atoms with E-state index < -0.39 is 14.6 Å². The highest BCUT2D eigenvalue weighted by atomic mass is 32.2. The molecule has 1 aliphatic heterocycles. The van der Waals surface area contributed by atoms with Crippen LogP contribution in [0.5, 0.6) is 0 Å². The van der Waals surface area contributed by atoms with Crippen LogP contribution in [0.4, 0.5) is 0 Å². The number of benzene rings is 1. The highest BCUT2D eigenvalue weighted by Gasteiger charge is 2.40. The maximum Gasteiger partial charge on any atom is 0.193 e. The molecule has 0 spiro atoms. The van der Waals surface area contributed by atoms with Gasteiger partial charge in [-0.25, -0.2) is 8.42 Å². The summed E-state index contributed by atoms with van der Waals surface area (Å²) in [5.41, 5.74) is 3.85. The molecule has 0 aliphatic carbocycles. The second-order valence-electron chi connectivity index (χ2n) is 7.22. The molecule has 2 rings (SSSR count). The highest BCUT2D eigenvalue weighted by Crippen LogP contribution is 2.23. The number of hydrogen-bond donors (Lipinski definition) is 1. The summed E-state index contributed by atoms with van der Waals surface area (Å²) in [4.78, 5) is 6.37. The normalized spacial score (nSPS) is 20.0. The number of sulfone groups is 1. The largest absolute Gasteiger partial charge is 0.356 e. The molecule has 1 saturated heterocycles. The third-order valence-corrected chi connectivity index (χ3v) is 7.07. The van der Waals surface area contributed by atoms with Gasteiger partial charge >= 0.3 is 0 Å². The predicted octanol–water partition coefficient (Wildman–Crippen LogP) is 1.93. The van der Waals surface area contributed by atoms with E-state index in [1.807, 2.05) is 4.90 Å². The van der Waals surface area contributed by atoms with Crippen LogP contribution < -0.4 is 5.32 Å². The van der Waals surface area contributed by atoms with Crippen LogP contribution in [0, 0.1) is 13.8 Å². The van der Waals surface area contributed by atoms with Crippen LogP contribution in [0.2, 0.25) is 0 Å². The molecule has 1 fully saturated rings. The molecule has 6 heteroatoms. The smallest absolute Gasteiger partial charge is 0.193 e. The summed E-state index contributed by atoms with van der Waals surface area (Å²) in [6, 6.07) is 6.58. The van der Waals surface area contributed by atoms with Crippen molar-refractivity contribution in [3.63, 3.8) is 0 Å². The molecule has 134 valence electrons. The Hall–Kier alpha value is -1.56.